The number of aromatic amines is 1. The minimum atomic E-state index is -0.899. The number of para-hydroxylation sites is 1. The second-order valence-electron chi connectivity index (χ2n) is 9.54. The molecule has 0 bridgehead atoms. The third kappa shape index (κ3) is 5.51. The lowest BCUT2D eigenvalue weighted by atomic mass is 9.80. The molecule has 5 rings (SSSR count). The number of H-pyrrole nitrogens is 1. The zero-order valence-corrected chi connectivity index (χ0v) is 21.0. The van der Waals surface area contributed by atoms with Crippen LogP contribution in [0.3, 0.4) is 0 Å². The van der Waals surface area contributed by atoms with E-state index >= 15 is 0 Å². The molecule has 0 unspecified atom stereocenters. The second kappa shape index (κ2) is 10.1. The molecule has 37 heavy (non-hydrogen) atoms. The van der Waals surface area contributed by atoms with Crippen molar-refractivity contribution in [2.75, 3.05) is 5.32 Å². The molecule has 1 fully saturated rings. The van der Waals surface area contributed by atoms with Crippen LogP contribution in [-0.2, 0) is 0 Å². The van der Waals surface area contributed by atoms with E-state index in [-0.39, 0.29) is 17.7 Å². The molecule has 0 radical (unpaired) electrons. The van der Waals surface area contributed by atoms with Gasteiger partial charge in [-0.3, -0.25) is 4.79 Å². The first-order valence-electron chi connectivity index (χ1n) is 12.1. The number of carbonyl (C=O) groups is 2. The fourth-order valence-electron chi connectivity index (χ4n) is 4.94. The smallest absolute Gasteiger partial charge is 0.409 e. The first-order chi connectivity index (χ1) is 17.8. The van der Waals surface area contributed by atoms with E-state index in [1.54, 1.807) is 18.3 Å². The number of fused-ring (bicyclic) bond motifs is 1. The number of nitrogens with zero attached hydrogens (tertiary/aromatic N) is 2. The van der Waals surface area contributed by atoms with Crippen LogP contribution < -0.4 is 21.1 Å². The molecule has 2 amide bonds. The van der Waals surface area contributed by atoms with E-state index in [1.165, 1.54) is 12.1 Å². The van der Waals surface area contributed by atoms with Crippen LogP contribution in [0.15, 0.2) is 60.9 Å². The van der Waals surface area contributed by atoms with Gasteiger partial charge in [-0.15, -0.1) is 0 Å². The Bertz CT molecular complexity index is 1450. The van der Waals surface area contributed by atoms with Gasteiger partial charge in [-0.25, -0.2) is 14.8 Å². The van der Waals surface area contributed by atoms with Gasteiger partial charge in [0.2, 0.25) is 5.95 Å². The first kappa shape index (κ1) is 24.6. The number of carbonyl (C=O) groups excluding carboxylic acids is 2. The normalized spacial score (nSPS) is 19.4. The standard InChI is InChI=1S/C27H27ClN6O3/c1-27(34-24(35)16-8-10-18(11-9-16)37-25(29)36)12-4-5-17(13-27)32-26-31-15-21(28)23(33-26)20-14-30-22-7-3-2-6-19(20)22/h2-3,6-11,14-15,17,30H,4-5,12-13H2,1H3,(H2,29,36)(H,34,35)(H,31,32,33)/t17-,27+/m1/s1. The summed E-state index contributed by atoms with van der Waals surface area (Å²) < 4.78 is 4.83. The van der Waals surface area contributed by atoms with Gasteiger partial charge in [-0.05, 0) is 62.9 Å². The zero-order valence-electron chi connectivity index (χ0n) is 20.3. The van der Waals surface area contributed by atoms with E-state index < -0.39 is 11.6 Å². The molecule has 10 heteroatoms. The predicted octanol–water partition coefficient (Wildman–Crippen LogP) is 5.28. The van der Waals surface area contributed by atoms with Crippen molar-refractivity contribution in [2.24, 2.45) is 5.73 Å². The molecule has 0 spiro atoms. The molecular weight excluding hydrogens is 492 g/mol. The lowest BCUT2D eigenvalue weighted by Crippen LogP contribution is -2.51. The Kier molecular flexibility index (Phi) is 6.71. The molecule has 0 saturated heterocycles. The highest BCUT2D eigenvalue weighted by Gasteiger charge is 2.34. The van der Waals surface area contributed by atoms with E-state index in [1.807, 2.05) is 37.4 Å². The molecule has 0 aliphatic heterocycles. The fourth-order valence-corrected chi connectivity index (χ4v) is 5.13. The Balaban J connectivity index is 1.28. The zero-order chi connectivity index (χ0) is 26.0. The van der Waals surface area contributed by atoms with Gasteiger partial charge in [0, 0.05) is 39.8 Å². The molecule has 5 N–H and O–H groups in total. The molecule has 2 aromatic heterocycles. The first-order valence-corrected chi connectivity index (χ1v) is 12.4. The van der Waals surface area contributed by atoms with E-state index in [2.05, 4.69) is 20.6 Å². The number of rotatable bonds is 6. The molecule has 4 aromatic rings. The molecule has 1 aliphatic carbocycles. The Morgan fingerprint density at radius 2 is 1.97 bits per heavy atom. The van der Waals surface area contributed by atoms with Crippen molar-refractivity contribution >= 4 is 40.5 Å². The predicted molar refractivity (Wildman–Crippen MR) is 143 cm³/mol. The summed E-state index contributed by atoms with van der Waals surface area (Å²) in [7, 11) is 0. The number of aromatic nitrogens is 3. The number of hydrogen-bond acceptors (Lipinski definition) is 6. The third-order valence-corrected chi connectivity index (χ3v) is 6.93. The highest BCUT2D eigenvalue weighted by atomic mass is 35.5. The van der Waals surface area contributed by atoms with Crippen molar-refractivity contribution in [1.82, 2.24) is 20.3 Å². The number of halogens is 1. The van der Waals surface area contributed by atoms with Crippen LogP contribution in [0.4, 0.5) is 10.7 Å². The quantitative estimate of drug-likeness (QED) is 0.274. The second-order valence-corrected chi connectivity index (χ2v) is 9.94. The molecule has 2 atom stereocenters. The van der Waals surface area contributed by atoms with E-state index in [0.29, 0.717) is 28.6 Å². The summed E-state index contributed by atoms with van der Waals surface area (Å²) in [5.41, 5.74) is 7.67. The number of nitrogens with one attached hydrogen (secondary N) is 3. The summed E-state index contributed by atoms with van der Waals surface area (Å²) in [5.74, 6) is 0.584. The topological polar surface area (TPSA) is 135 Å². The molecule has 9 nitrogen and oxygen atoms in total. The lowest BCUT2D eigenvalue weighted by molar-refractivity contribution is 0.0879. The number of ether oxygens (including phenoxy) is 1. The van der Waals surface area contributed by atoms with E-state index in [0.717, 1.165) is 35.7 Å². The number of nitrogens with two attached hydrogens (primary N) is 1. The molecular formula is C27H27ClN6O3. The van der Waals surface area contributed by atoms with Gasteiger partial charge in [0.05, 0.1) is 16.9 Å². The maximum atomic E-state index is 12.9. The van der Waals surface area contributed by atoms with Crippen LogP contribution in [0.5, 0.6) is 5.75 Å². The molecule has 190 valence electrons. The number of primary amides is 1. The van der Waals surface area contributed by atoms with Gasteiger partial charge in [0.25, 0.3) is 5.91 Å². The van der Waals surface area contributed by atoms with Crippen LogP contribution in [0.1, 0.15) is 43.0 Å². The van der Waals surface area contributed by atoms with E-state index in [4.69, 9.17) is 27.1 Å². The van der Waals surface area contributed by atoms with Crippen molar-refractivity contribution < 1.29 is 14.3 Å². The van der Waals surface area contributed by atoms with Crippen LogP contribution in [0, 0.1) is 0 Å². The molecule has 2 heterocycles. The summed E-state index contributed by atoms with van der Waals surface area (Å²) >= 11 is 6.48. The van der Waals surface area contributed by atoms with Gasteiger partial charge in [0.15, 0.2) is 0 Å². The summed E-state index contributed by atoms with van der Waals surface area (Å²) in [4.78, 5) is 36.2. The maximum absolute atomic E-state index is 12.9. The Hall–Kier alpha value is -4.11. The summed E-state index contributed by atoms with van der Waals surface area (Å²) in [6, 6.07) is 14.3. The van der Waals surface area contributed by atoms with Crippen molar-refractivity contribution in [1.29, 1.82) is 0 Å². The monoisotopic (exact) mass is 518 g/mol. The average Bonchev–Trinajstić information content (AvgIpc) is 3.29. The van der Waals surface area contributed by atoms with Crippen LogP contribution in [0.25, 0.3) is 22.2 Å². The number of benzene rings is 2. The summed E-state index contributed by atoms with van der Waals surface area (Å²) in [6.45, 7) is 2.05. The highest BCUT2D eigenvalue weighted by Crippen LogP contribution is 2.34. The fraction of sp³-hybridized carbons (Fsp3) is 0.259. The van der Waals surface area contributed by atoms with Crippen molar-refractivity contribution in [3.63, 3.8) is 0 Å². The largest absolute Gasteiger partial charge is 0.411 e. The summed E-state index contributed by atoms with van der Waals surface area (Å²) in [6.07, 6.45) is 6.04. The maximum Gasteiger partial charge on any atom is 0.409 e. The molecule has 1 saturated carbocycles. The van der Waals surface area contributed by atoms with Gasteiger partial charge >= 0.3 is 6.09 Å². The van der Waals surface area contributed by atoms with Gasteiger partial charge < -0.3 is 26.1 Å². The van der Waals surface area contributed by atoms with Gasteiger partial charge in [-0.2, -0.15) is 0 Å². The van der Waals surface area contributed by atoms with Gasteiger partial charge in [-0.1, -0.05) is 29.8 Å². The van der Waals surface area contributed by atoms with Crippen LogP contribution in [0.2, 0.25) is 5.02 Å². The molecule has 1 aliphatic rings. The highest BCUT2D eigenvalue weighted by molar-refractivity contribution is 6.33. The Morgan fingerprint density at radius 3 is 2.76 bits per heavy atom. The van der Waals surface area contributed by atoms with Crippen molar-refractivity contribution in [3.05, 3.63) is 71.5 Å². The summed E-state index contributed by atoms with van der Waals surface area (Å²) in [5, 5.41) is 8.14. The Labute approximate surface area is 218 Å². The minimum absolute atomic E-state index is 0.0717. The SMILES string of the molecule is C[C@]1(NC(=O)c2ccc(OC(N)=O)cc2)CCC[C@@H](Nc2ncc(Cl)c(-c3c[nH]c4ccccc34)n2)C1. The minimum Gasteiger partial charge on any atom is -0.411 e. The lowest BCUT2D eigenvalue weighted by Gasteiger charge is -2.39. The van der Waals surface area contributed by atoms with Crippen molar-refractivity contribution in [2.45, 2.75) is 44.2 Å². The molecule has 2 aromatic carbocycles. The number of hydrogen-bond donors (Lipinski definition) is 4. The average molecular weight is 519 g/mol. The van der Waals surface area contributed by atoms with Gasteiger partial charge in [0.1, 0.15) is 5.75 Å². The number of anilines is 1. The Morgan fingerprint density at radius 1 is 1.19 bits per heavy atom. The van der Waals surface area contributed by atoms with E-state index in [9.17, 15) is 9.59 Å². The number of amides is 2. The van der Waals surface area contributed by atoms with Crippen LogP contribution >= 0.6 is 11.6 Å². The third-order valence-electron chi connectivity index (χ3n) is 6.65. The van der Waals surface area contributed by atoms with Crippen LogP contribution in [-0.4, -0.2) is 38.5 Å². The van der Waals surface area contributed by atoms with Crippen molar-refractivity contribution in [3.8, 4) is 17.0 Å².